The third kappa shape index (κ3) is 4.66. The highest BCUT2D eigenvalue weighted by molar-refractivity contribution is 5.92. The molecule has 1 saturated heterocycles. The molecule has 0 N–H and O–H groups in total. The minimum absolute atomic E-state index is 0.0191. The van der Waals surface area contributed by atoms with Gasteiger partial charge in [0.15, 0.2) is 17.3 Å². The van der Waals surface area contributed by atoms with E-state index in [9.17, 15) is 4.79 Å². The summed E-state index contributed by atoms with van der Waals surface area (Å²) in [6.45, 7) is 2.64. The molecule has 0 unspecified atom stereocenters. The van der Waals surface area contributed by atoms with Gasteiger partial charge in [-0.1, -0.05) is 6.07 Å². The molecule has 1 aliphatic rings. The first-order valence-electron chi connectivity index (χ1n) is 9.94. The molecule has 1 aliphatic heterocycles. The summed E-state index contributed by atoms with van der Waals surface area (Å²) in [7, 11) is 3.18. The maximum absolute atomic E-state index is 12.6. The number of hydrogen-bond donors (Lipinski definition) is 0. The molecule has 9 nitrogen and oxygen atoms in total. The Hall–Kier alpha value is -3.88. The van der Waals surface area contributed by atoms with E-state index in [1.165, 1.54) is 6.33 Å². The molecule has 9 heteroatoms. The predicted octanol–water partition coefficient (Wildman–Crippen LogP) is 2.04. The van der Waals surface area contributed by atoms with E-state index in [0.717, 1.165) is 11.4 Å². The Morgan fingerprint density at radius 2 is 1.77 bits per heavy atom. The maximum atomic E-state index is 12.6. The SMILES string of the molecule is COc1ccc(/C=C/C(=O)N2CCN(c3cc(-n4cccn4)ncn3)CC2)cc1OC. The van der Waals surface area contributed by atoms with Gasteiger partial charge in [-0.15, -0.1) is 0 Å². The average molecular weight is 420 g/mol. The molecule has 1 aromatic carbocycles. The van der Waals surface area contributed by atoms with Crippen LogP contribution in [-0.4, -0.2) is 71.0 Å². The number of hydrogen-bond acceptors (Lipinski definition) is 7. The molecule has 3 heterocycles. The predicted molar refractivity (Wildman–Crippen MR) is 117 cm³/mol. The van der Waals surface area contributed by atoms with Crippen LogP contribution >= 0.6 is 0 Å². The van der Waals surface area contributed by atoms with Gasteiger partial charge in [-0.25, -0.2) is 14.6 Å². The normalized spacial score (nSPS) is 14.1. The Morgan fingerprint density at radius 1 is 1.00 bits per heavy atom. The van der Waals surface area contributed by atoms with Crippen LogP contribution in [0.15, 0.2) is 55.1 Å². The van der Waals surface area contributed by atoms with Crippen molar-refractivity contribution < 1.29 is 14.3 Å². The zero-order valence-electron chi connectivity index (χ0n) is 17.5. The van der Waals surface area contributed by atoms with Gasteiger partial charge in [0, 0.05) is 50.7 Å². The molecule has 0 radical (unpaired) electrons. The van der Waals surface area contributed by atoms with E-state index >= 15 is 0 Å². The first kappa shape index (κ1) is 20.4. The molecular weight excluding hydrogens is 396 g/mol. The van der Waals surface area contributed by atoms with E-state index < -0.39 is 0 Å². The molecule has 0 atom stereocenters. The highest BCUT2D eigenvalue weighted by atomic mass is 16.5. The lowest BCUT2D eigenvalue weighted by Crippen LogP contribution is -2.48. The molecule has 1 fully saturated rings. The van der Waals surface area contributed by atoms with Crippen LogP contribution in [0.2, 0.25) is 0 Å². The lowest BCUT2D eigenvalue weighted by molar-refractivity contribution is -0.126. The summed E-state index contributed by atoms with van der Waals surface area (Å²) < 4.78 is 12.3. The topological polar surface area (TPSA) is 85.6 Å². The number of aromatic nitrogens is 4. The zero-order chi connectivity index (χ0) is 21.6. The Kier molecular flexibility index (Phi) is 6.11. The van der Waals surface area contributed by atoms with Gasteiger partial charge >= 0.3 is 0 Å². The number of rotatable bonds is 6. The summed E-state index contributed by atoms with van der Waals surface area (Å²) in [4.78, 5) is 25.3. The van der Waals surface area contributed by atoms with Crippen molar-refractivity contribution in [3.05, 3.63) is 60.7 Å². The molecule has 3 aromatic rings. The van der Waals surface area contributed by atoms with E-state index in [0.29, 0.717) is 43.5 Å². The van der Waals surface area contributed by atoms with Crippen LogP contribution in [0, 0.1) is 0 Å². The van der Waals surface area contributed by atoms with Crippen LogP contribution in [0.5, 0.6) is 11.5 Å². The van der Waals surface area contributed by atoms with E-state index in [1.54, 1.807) is 37.3 Å². The van der Waals surface area contributed by atoms with Crippen LogP contribution in [0.1, 0.15) is 5.56 Å². The Bertz CT molecular complexity index is 1060. The van der Waals surface area contributed by atoms with Crippen LogP contribution in [0.3, 0.4) is 0 Å². The van der Waals surface area contributed by atoms with Gasteiger partial charge in [0.05, 0.1) is 14.2 Å². The van der Waals surface area contributed by atoms with Crippen molar-refractivity contribution in [2.24, 2.45) is 0 Å². The number of benzene rings is 1. The molecular formula is C22H24N6O3. The summed E-state index contributed by atoms with van der Waals surface area (Å²) >= 11 is 0. The van der Waals surface area contributed by atoms with Crippen LogP contribution < -0.4 is 14.4 Å². The molecule has 4 rings (SSSR count). The molecule has 31 heavy (non-hydrogen) atoms. The fraction of sp³-hybridized carbons (Fsp3) is 0.273. The number of carbonyl (C=O) groups excluding carboxylic acids is 1. The monoisotopic (exact) mass is 420 g/mol. The molecule has 0 bridgehead atoms. The number of ether oxygens (including phenoxy) is 2. The summed E-state index contributed by atoms with van der Waals surface area (Å²) in [6, 6.07) is 9.30. The average Bonchev–Trinajstić information content (AvgIpc) is 3.37. The largest absolute Gasteiger partial charge is 0.493 e. The fourth-order valence-corrected chi connectivity index (χ4v) is 3.43. The van der Waals surface area contributed by atoms with Gasteiger partial charge in [-0.05, 0) is 29.8 Å². The summed E-state index contributed by atoms with van der Waals surface area (Å²) in [6.07, 6.45) is 8.47. The van der Waals surface area contributed by atoms with E-state index in [1.807, 2.05) is 41.4 Å². The van der Waals surface area contributed by atoms with Crippen molar-refractivity contribution in [2.75, 3.05) is 45.3 Å². The highest BCUT2D eigenvalue weighted by Gasteiger charge is 2.21. The van der Waals surface area contributed by atoms with Gasteiger partial charge < -0.3 is 19.3 Å². The number of nitrogens with zero attached hydrogens (tertiary/aromatic N) is 6. The van der Waals surface area contributed by atoms with Gasteiger partial charge in [0.25, 0.3) is 0 Å². The van der Waals surface area contributed by atoms with E-state index in [4.69, 9.17) is 9.47 Å². The van der Waals surface area contributed by atoms with Gasteiger partial charge in [0.1, 0.15) is 12.1 Å². The number of anilines is 1. The quantitative estimate of drug-likeness (QED) is 0.564. The van der Waals surface area contributed by atoms with Crippen LogP contribution in [0.25, 0.3) is 11.9 Å². The number of piperazine rings is 1. The molecule has 0 spiro atoms. The third-order valence-corrected chi connectivity index (χ3v) is 5.12. The second-order valence-corrected chi connectivity index (χ2v) is 6.95. The summed E-state index contributed by atoms with van der Waals surface area (Å²) in [5.74, 6) is 2.81. The van der Waals surface area contributed by atoms with E-state index in [-0.39, 0.29) is 5.91 Å². The molecule has 2 aromatic heterocycles. The summed E-state index contributed by atoms with van der Waals surface area (Å²) in [5, 5.41) is 4.21. The van der Waals surface area contributed by atoms with Gasteiger partial charge in [-0.3, -0.25) is 4.79 Å². The molecule has 160 valence electrons. The third-order valence-electron chi connectivity index (χ3n) is 5.12. The van der Waals surface area contributed by atoms with E-state index in [2.05, 4.69) is 20.0 Å². The lowest BCUT2D eigenvalue weighted by Gasteiger charge is -2.35. The van der Waals surface area contributed by atoms with Crippen molar-refractivity contribution in [2.45, 2.75) is 0 Å². The standard InChI is InChI=1S/C22H24N6O3/c1-30-18-6-4-17(14-19(18)31-2)5-7-22(29)27-12-10-26(11-13-27)20-15-21(24-16-23-20)28-9-3-8-25-28/h3-9,14-16H,10-13H2,1-2H3/b7-5+. The second-order valence-electron chi connectivity index (χ2n) is 6.95. The van der Waals surface area contributed by atoms with Crippen LogP contribution in [0.4, 0.5) is 5.82 Å². The van der Waals surface area contributed by atoms with Crippen molar-refractivity contribution in [1.29, 1.82) is 0 Å². The zero-order valence-corrected chi connectivity index (χ0v) is 17.5. The first-order valence-corrected chi connectivity index (χ1v) is 9.94. The van der Waals surface area contributed by atoms with Crippen molar-refractivity contribution in [3.8, 4) is 17.3 Å². The van der Waals surface area contributed by atoms with Crippen molar-refractivity contribution >= 4 is 17.8 Å². The van der Waals surface area contributed by atoms with Gasteiger partial charge in [-0.2, -0.15) is 5.10 Å². The summed E-state index contributed by atoms with van der Waals surface area (Å²) in [5.41, 5.74) is 0.872. The number of methoxy groups -OCH3 is 2. The van der Waals surface area contributed by atoms with Crippen molar-refractivity contribution in [3.63, 3.8) is 0 Å². The first-order chi connectivity index (χ1) is 15.2. The van der Waals surface area contributed by atoms with Crippen LogP contribution in [-0.2, 0) is 4.79 Å². The molecule has 0 aliphatic carbocycles. The minimum Gasteiger partial charge on any atom is -0.493 e. The maximum Gasteiger partial charge on any atom is 0.246 e. The number of amides is 1. The smallest absolute Gasteiger partial charge is 0.246 e. The molecule has 1 amide bonds. The Morgan fingerprint density at radius 3 is 2.48 bits per heavy atom. The number of carbonyl (C=O) groups is 1. The van der Waals surface area contributed by atoms with Gasteiger partial charge in [0.2, 0.25) is 5.91 Å². The fourth-order valence-electron chi connectivity index (χ4n) is 3.43. The highest BCUT2D eigenvalue weighted by Crippen LogP contribution is 2.28. The van der Waals surface area contributed by atoms with Crippen molar-refractivity contribution in [1.82, 2.24) is 24.6 Å². The lowest BCUT2D eigenvalue weighted by atomic mass is 10.2. The Balaban J connectivity index is 1.36. The second kappa shape index (κ2) is 9.29. The Labute approximate surface area is 180 Å². The molecule has 0 saturated carbocycles. The minimum atomic E-state index is -0.0191.